The highest BCUT2D eigenvalue weighted by atomic mass is 19.4. The number of benzene rings is 2. The van der Waals surface area contributed by atoms with E-state index in [2.05, 4.69) is 37.4 Å². The first-order chi connectivity index (χ1) is 18.3. The molecule has 0 atom stereocenters. The Bertz CT molecular complexity index is 1890. The van der Waals surface area contributed by atoms with Crippen LogP contribution in [0, 0.1) is 25.7 Å². The highest BCUT2D eigenvalue weighted by Crippen LogP contribution is 2.35. The van der Waals surface area contributed by atoms with Crippen LogP contribution < -0.4 is 5.32 Å². The molecule has 0 saturated carbocycles. The normalized spacial score (nSPS) is 11.6. The molecule has 0 fully saturated rings. The number of rotatable bonds is 3. The van der Waals surface area contributed by atoms with Crippen LogP contribution in [0.5, 0.6) is 0 Å². The highest BCUT2D eigenvalue weighted by Gasteiger charge is 2.31. The third-order valence-electron chi connectivity index (χ3n) is 5.96. The zero-order valence-electron chi connectivity index (χ0n) is 20.1. The van der Waals surface area contributed by atoms with Crippen molar-refractivity contribution in [3.63, 3.8) is 0 Å². The van der Waals surface area contributed by atoms with Gasteiger partial charge in [-0.3, -0.25) is 0 Å². The van der Waals surface area contributed by atoms with Crippen molar-refractivity contribution in [2.75, 3.05) is 5.32 Å². The van der Waals surface area contributed by atoms with Gasteiger partial charge in [-0.1, -0.05) is 17.1 Å². The molecule has 4 heterocycles. The zero-order valence-corrected chi connectivity index (χ0v) is 20.1. The summed E-state index contributed by atoms with van der Waals surface area (Å²) in [5.41, 5.74) is 3.52. The lowest BCUT2D eigenvalue weighted by Crippen LogP contribution is -2.07. The van der Waals surface area contributed by atoms with Crippen molar-refractivity contribution >= 4 is 28.1 Å². The molecule has 1 N–H and O–H groups in total. The van der Waals surface area contributed by atoms with Gasteiger partial charge in [0, 0.05) is 23.8 Å². The van der Waals surface area contributed by atoms with E-state index in [1.165, 1.54) is 10.9 Å². The van der Waals surface area contributed by atoms with Gasteiger partial charge in [0.15, 0.2) is 17.0 Å². The fourth-order valence-electron chi connectivity index (χ4n) is 4.08. The fraction of sp³-hybridized carbons (Fsp3) is 0.111. The van der Waals surface area contributed by atoms with Crippen molar-refractivity contribution in [1.82, 2.24) is 29.3 Å². The van der Waals surface area contributed by atoms with Gasteiger partial charge in [-0.15, -0.1) is 0 Å². The monoisotopic (exact) mass is 513 g/mol. The van der Waals surface area contributed by atoms with Crippen LogP contribution in [0.15, 0.2) is 71.9 Å². The summed E-state index contributed by atoms with van der Waals surface area (Å²) in [6.07, 6.45) is 1.85. The van der Waals surface area contributed by atoms with Gasteiger partial charge in [-0.2, -0.15) is 18.3 Å². The fourth-order valence-corrected chi connectivity index (χ4v) is 4.08. The molecule has 6 aromatic rings. The van der Waals surface area contributed by atoms with Gasteiger partial charge in [-0.25, -0.2) is 14.5 Å². The minimum atomic E-state index is -4.54. The van der Waals surface area contributed by atoms with Crippen LogP contribution in [0.2, 0.25) is 0 Å². The van der Waals surface area contributed by atoms with Gasteiger partial charge in [0.25, 0.3) is 0 Å². The van der Waals surface area contributed by atoms with Gasteiger partial charge < -0.3 is 14.4 Å². The number of nitrogens with zero attached hydrogens (tertiary/aromatic N) is 6. The quantitative estimate of drug-likeness (QED) is 0.300. The summed E-state index contributed by atoms with van der Waals surface area (Å²) in [5.74, 6) is 6.46. The number of fused-ring (bicyclic) bond motifs is 2. The second-order valence-electron chi connectivity index (χ2n) is 8.67. The molecule has 0 aliphatic carbocycles. The van der Waals surface area contributed by atoms with Gasteiger partial charge >= 0.3 is 6.18 Å². The lowest BCUT2D eigenvalue weighted by Gasteiger charge is -2.13. The molecule has 188 valence electrons. The van der Waals surface area contributed by atoms with E-state index in [1.807, 2.05) is 19.1 Å². The van der Waals surface area contributed by atoms with Crippen LogP contribution in [0.1, 0.15) is 28.1 Å². The van der Waals surface area contributed by atoms with Crippen LogP contribution >= 0.6 is 0 Å². The van der Waals surface area contributed by atoms with Crippen LogP contribution in [0.4, 0.5) is 24.7 Å². The van der Waals surface area contributed by atoms with E-state index in [0.717, 1.165) is 17.7 Å². The molecule has 2 aromatic carbocycles. The molecule has 0 aliphatic heterocycles. The topological polar surface area (TPSA) is 86.1 Å². The second-order valence-corrected chi connectivity index (χ2v) is 8.67. The summed E-state index contributed by atoms with van der Waals surface area (Å²) in [6, 6.07) is 10.9. The second kappa shape index (κ2) is 8.77. The third-order valence-corrected chi connectivity index (χ3v) is 5.96. The maximum Gasteiger partial charge on any atom is 0.416 e. The Kier molecular flexibility index (Phi) is 5.38. The molecule has 0 saturated heterocycles. The van der Waals surface area contributed by atoms with Gasteiger partial charge in [-0.05, 0) is 61.7 Å². The Labute approximate surface area is 213 Å². The number of hydrogen-bond acceptors (Lipinski definition) is 6. The Morgan fingerprint density at radius 2 is 1.89 bits per heavy atom. The van der Waals surface area contributed by atoms with Crippen molar-refractivity contribution in [3.8, 4) is 17.5 Å². The van der Waals surface area contributed by atoms with Gasteiger partial charge in [0.05, 0.1) is 34.7 Å². The van der Waals surface area contributed by atoms with E-state index < -0.39 is 11.7 Å². The molecule has 0 radical (unpaired) electrons. The number of hydrogen-bond donors (Lipinski definition) is 1. The van der Waals surface area contributed by atoms with E-state index in [-0.39, 0.29) is 11.5 Å². The first-order valence-electron chi connectivity index (χ1n) is 11.5. The van der Waals surface area contributed by atoms with Gasteiger partial charge in [0.2, 0.25) is 0 Å². The Morgan fingerprint density at radius 3 is 2.68 bits per heavy atom. The van der Waals surface area contributed by atoms with E-state index in [0.29, 0.717) is 39.3 Å². The number of anilines is 2. The van der Waals surface area contributed by atoms with Crippen molar-refractivity contribution in [2.45, 2.75) is 20.0 Å². The molecular formula is C27H18F3N7O. The Morgan fingerprint density at radius 1 is 1.03 bits per heavy atom. The minimum Gasteiger partial charge on any atom is -0.353 e. The van der Waals surface area contributed by atoms with E-state index >= 15 is 0 Å². The first kappa shape index (κ1) is 23.3. The van der Waals surface area contributed by atoms with Crippen molar-refractivity contribution in [1.29, 1.82) is 0 Å². The van der Waals surface area contributed by atoms with Gasteiger partial charge in [0.1, 0.15) is 5.69 Å². The number of aromatic nitrogens is 6. The van der Waals surface area contributed by atoms with Crippen molar-refractivity contribution < 1.29 is 17.7 Å². The minimum absolute atomic E-state index is 0.196. The number of alkyl halides is 3. The molecule has 4 aromatic heterocycles. The average molecular weight is 513 g/mol. The molecule has 38 heavy (non-hydrogen) atoms. The number of nitrogens with one attached hydrogen (secondary N) is 1. The summed E-state index contributed by atoms with van der Waals surface area (Å²) in [7, 11) is 0. The lowest BCUT2D eigenvalue weighted by atomic mass is 10.1. The Hall–Kier alpha value is -5.11. The summed E-state index contributed by atoms with van der Waals surface area (Å²) in [6.45, 7) is 3.65. The van der Waals surface area contributed by atoms with Crippen molar-refractivity contribution in [2.24, 2.45) is 0 Å². The standard InChI is InChI=1S/C27H18F3N7O/c1-16-5-7-23-25(22(16)8-6-20-13-31-24-4-3-9-33-37(20)24)38-35-26(23)34-19-10-18(27(28,29)30)11-21(12-19)36-14-17(2)32-15-36/h3-5,7,9-15H,1-2H3,(H,34,35). The van der Waals surface area contributed by atoms with Crippen LogP contribution in [-0.2, 0) is 6.18 Å². The summed E-state index contributed by atoms with van der Waals surface area (Å²) in [4.78, 5) is 8.40. The summed E-state index contributed by atoms with van der Waals surface area (Å²) < 4.78 is 49.8. The van der Waals surface area contributed by atoms with Crippen molar-refractivity contribution in [3.05, 3.63) is 95.5 Å². The predicted octanol–water partition coefficient (Wildman–Crippen LogP) is 5.84. The summed E-state index contributed by atoms with van der Waals surface area (Å²) in [5, 5.41) is 11.9. The molecular weight excluding hydrogens is 495 g/mol. The highest BCUT2D eigenvalue weighted by molar-refractivity contribution is 5.94. The first-order valence-corrected chi connectivity index (χ1v) is 11.5. The van der Waals surface area contributed by atoms with E-state index in [1.54, 1.807) is 48.2 Å². The molecule has 0 aliphatic rings. The SMILES string of the molecule is Cc1cn(-c2cc(Nc3noc4c(C#Cc5cnc6cccnn56)c(C)ccc34)cc(C(F)(F)F)c2)cn1. The molecule has 0 unspecified atom stereocenters. The third kappa shape index (κ3) is 4.22. The average Bonchev–Trinajstić information content (AvgIpc) is 3.62. The maximum absolute atomic E-state index is 13.7. The zero-order chi connectivity index (χ0) is 26.4. The Balaban J connectivity index is 1.40. The molecule has 0 amide bonds. The number of halogens is 3. The molecule has 8 nitrogen and oxygen atoms in total. The maximum atomic E-state index is 13.7. The van der Waals surface area contributed by atoms with Crippen LogP contribution in [0.3, 0.4) is 0 Å². The van der Waals surface area contributed by atoms with Crippen LogP contribution in [0.25, 0.3) is 22.3 Å². The lowest BCUT2D eigenvalue weighted by molar-refractivity contribution is -0.137. The smallest absolute Gasteiger partial charge is 0.353 e. The summed E-state index contributed by atoms with van der Waals surface area (Å²) >= 11 is 0. The van der Waals surface area contributed by atoms with E-state index in [9.17, 15) is 13.2 Å². The molecule has 6 rings (SSSR count). The predicted molar refractivity (Wildman–Crippen MR) is 134 cm³/mol. The molecule has 0 bridgehead atoms. The number of imidazole rings is 2. The van der Waals surface area contributed by atoms with Crippen LogP contribution in [-0.4, -0.2) is 29.3 Å². The number of aryl methyl sites for hydroxylation is 2. The molecule has 0 spiro atoms. The largest absolute Gasteiger partial charge is 0.416 e. The molecule has 11 heteroatoms. The van der Waals surface area contributed by atoms with E-state index in [4.69, 9.17) is 4.52 Å².